The van der Waals surface area contributed by atoms with E-state index in [1.165, 1.54) is 10.9 Å². The molecule has 0 saturated carbocycles. The highest BCUT2D eigenvalue weighted by Gasteiger charge is 2.14. The van der Waals surface area contributed by atoms with Crippen molar-refractivity contribution in [2.75, 3.05) is 0 Å². The van der Waals surface area contributed by atoms with Crippen LogP contribution in [0.3, 0.4) is 0 Å². The van der Waals surface area contributed by atoms with Crippen molar-refractivity contribution >= 4 is 17.9 Å². The van der Waals surface area contributed by atoms with E-state index < -0.39 is 5.97 Å². The predicted octanol–water partition coefficient (Wildman–Crippen LogP) is 2.06. The van der Waals surface area contributed by atoms with E-state index in [4.69, 9.17) is 5.11 Å². The Morgan fingerprint density at radius 3 is 2.74 bits per heavy atom. The Bertz CT molecular complexity index is 618. The highest BCUT2D eigenvalue weighted by Crippen LogP contribution is 2.31. The van der Waals surface area contributed by atoms with Crippen molar-refractivity contribution in [2.24, 2.45) is 4.99 Å². The van der Waals surface area contributed by atoms with Crippen LogP contribution in [0.2, 0.25) is 0 Å². The molecule has 1 aromatic heterocycles. The lowest BCUT2D eigenvalue weighted by Gasteiger charge is -2.01. The smallest absolute Gasteiger partial charge is 0.308 e. The molecule has 0 radical (unpaired) electrons. The number of carboxylic acid groups (broad SMARTS) is 1. The van der Waals surface area contributed by atoms with Gasteiger partial charge in [0, 0.05) is 6.21 Å². The number of aliphatic imine (C=N–C) groups is 1. The molecular weight excluding hydrogens is 246 g/mol. The minimum Gasteiger partial charge on any atom is -0.492 e. The number of nitrogens with zero attached hydrogens (tertiary/aromatic N) is 3. The first-order valence-corrected chi connectivity index (χ1v) is 5.68. The quantitative estimate of drug-likeness (QED) is 0.823. The van der Waals surface area contributed by atoms with E-state index in [9.17, 15) is 9.90 Å². The maximum atomic E-state index is 10.4. The summed E-state index contributed by atoms with van der Waals surface area (Å²) in [5.41, 5.74) is 1.52. The summed E-state index contributed by atoms with van der Waals surface area (Å²) in [6.45, 7) is 1.70. The molecule has 0 aliphatic heterocycles. The fourth-order valence-corrected chi connectivity index (χ4v) is 1.62. The largest absolute Gasteiger partial charge is 0.492 e. The van der Waals surface area contributed by atoms with E-state index in [0.717, 1.165) is 0 Å². The van der Waals surface area contributed by atoms with Crippen LogP contribution in [-0.2, 0) is 4.79 Å². The van der Waals surface area contributed by atoms with Crippen LogP contribution in [0.1, 0.15) is 12.1 Å². The average molecular weight is 259 g/mol. The number of hydrogen-bond donors (Lipinski definition) is 2. The van der Waals surface area contributed by atoms with E-state index in [1.807, 2.05) is 18.2 Å². The van der Waals surface area contributed by atoms with Crippen molar-refractivity contribution in [3.05, 3.63) is 36.0 Å². The van der Waals surface area contributed by atoms with E-state index in [1.54, 1.807) is 19.1 Å². The van der Waals surface area contributed by atoms with Crippen LogP contribution in [0.4, 0.5) is 5.69 Å². The van der Waals surface area contributed by atoms with Gasteiger partial charge in [-0.1, -0.05) is 18.2 Å². The molecule has 6 nitrogen and oxygen atoms in total. The van der Waals surface area contributed by atoms with Crippen molar-refractivity contribution in [2.45, 2.75) is 13.3 Å². The third-order valence-electron chi connectivity index (χ3n) is 2.49. The number of carboxylic acids is 1. The summed E-state index contributed by atoms with van der Waals surface area (Å²) >= 11 is 0. The summed E-state index contributed by atoms with van der Waals surface area (Å²) < 4.78 is 1.36. The molecule has 0 aliphatic rings. The van der Waals surface area contributed by atoms with Gasteiger partial charge < -0.3 is 10.2 Å². The zero-order chi connectivity index (χ0) is 13.8. The predicted molar refractivity (Wildman–Crippen MR) is 70.4 cm³/mol. The Kier molecular flexibility index (Phi) is 3.61. The Morgan fingerprint density at radius 2 is 2.11 bits per heavy atom. The van der Waals surface area contributed by atoms with Gasteiger partial charge in [0.2, 0.25) is 5.88 Å². The van der Waals surface area contributed by atoms with Crippen molar-refractivity contribution in [1.82, 2.24) is 9.78 Å². The first kappa shape index (κ1) is 12.8. The number of aliphatic carboxylic acids is 1. The average Bonchev–Trinajstić information content (AvgIpc) is 2.67. The molecular formula is C13H13N3O3. The van der Waals surface area contributed by atoms with E-state index in [-0.39, 0.29) is 18.0 Å². The summed E-state index contributed by atoms with van der Waals surface area (Å²) in [4.78, 5) is 14.4. The third-order valence-corrected chi connectivity index (χ3v) is 2.49. The van der Waals surface area contributed by atoms with E-state index in [2.05, 4.69) is 10.1 Å². The molecule has 0 spiro atoms. The Hall–Kier alpha value is -2.63. The van der Waals surface area contributed by atoms with Crippen molar-refractivity contribution in [3.8, 4) is 11.6 Å². The fourth-order valence-electron chi connectivity index (χ4n) is 1.62. The topological polar surface area (TPSA) is 87.7 Å². The second kappa shape index (κ2) is 5.34. The Morgan fingerprint density at radius 1 is 1.42 bits per heavy atom. The van der Waals surface area contributed by atoms with Crippen LogP contribution in [0, 0.1) is 6.92 Å². The van der Waals surface area contributed by atoms with Gasteiger partial charge in [0.15, 0.2) is 0 Å². The lowest BCUT2D eigenvalue weighted by Crippen LogP contribution is -1.95. The molecule has 0 bridgehead atoms. The van der Waals surface area contributed by atoms with Gasteiger partial charge >= 0.3 is 5.97 Å². The molecule has 2 aromatic rings. The van der Waals surface area contributed by atoms with Gasteiger partial charge in [-0.25, -0.2) is 0 Å². The molecule has 19 heavy (non-hydrogen) atoms. The number of aryl methyl sites for hydroxylation is 1. The Labute approximate surface area is 109 Å². The molecule has 0 amide bonds. The van der Waals surface area contributed by atoms with Crippen molar-refractivity contribution in [1.29, 1.82) is 0 Å². The van der Waals surface area contributed by atoms with Crippen LogP contribution in [0.5, 0.6) is 5.88 Å². The minimum absolute atomic E-state index is 0.106. The van der Waals surface area contributed by atoms with Crippen molar-refractivity contribution in [3.63, 3.8) is 0 Å². The van der Waals surface area contributed by atoms with Crippen LogP contribution >= 0.6 is 0 Å². The summed E-state index contributed by atoms with van der Waals surface area (Å²) in [6.07, 6.45) is 1.04. The molecule has 0 fully saturated rings. The molecule has 0 saturated heterocycles. The maximum Gasteiger partial charge on any atom is 0.308 e. The molecule has 2 N–H and O–H groups in total. The molecule has 6 heteroatoms. The van der Waals surface area contributed by atoms with Gasteiger partial charge in [-0.3, -0.25) is 9.79 Å². The number of para-hydroxylation sites is 1. The molecule has 1 aromatic carbocycles. The standard InChI is InChI=1S/C13H13N3O3/c1-9-12(14-8-7-11(17)18)13(19)16(15-9)10-5-3-2-4-6-10/h2-6,8,19H,7H2,1H3,(H,17,18). The molecule has 0 unspecified atom stereocenters. The van der Waals surface area contributed by atoms with Gasteiger partial charge in [-0.2, -0.15) is 9.78 Å². The zero-order valence-electron chi connectivity index (χ0n) is 10.3. The van der Waals surface area contributed by atoms with Crippen LogP contribution in [0.25, 0.3) is 5.69 Å². The highest BCUT2D eigenvalue weighted by molar-refractivity contribution is 5.86. The first-order valence-electron chi connectivity index (χ1n) is 5.68. The molecule has 2 rings (SSSR count). The first-order chi connectivity index (χ1) is 9.09. The number of rotatable bonds is 4. The molecule has 0 atom stereocenters. The lowest BCUT2D eigenvalue weighted by molar-refractivity contribution is -0.135. The lowest BCUT2D eigenvalue weighted by atomic mass is 10.3. The van der Waals surface area contributed by atoms with Gasteiger partial charge in [0.1, 0.15) is 5.69 Å². The van der Waals surface area contributed by atoms with Crippen LogP contribution in [0.15, 0.2) is 35.3 Å². The number of hydrogen-bond acceptors (Lipinski definition) is 4. The summed E-state index contributed by atoms with van der Waals surface area (Å²) in [6, 6.07) is 9.13. The van der Waals surface area contributed by atoms with Gasteiger partial charge in [0.25, 0.3) is 0 Å². The van der Waals surface area contributed by atoms with Crippen LogP contribution in [-0.4, -0.2) is 32.2 Å². The molecule has 98 valence electrons. The maximum absolute atomic E-state index is 10.4. The molecule has 1 heterocycles. The summed E-state index contributed by atoms with van der Waals surface area (Å²) in [5.74, 6) is -1.08. The number of carbonyl (C=O) groups is 1. The SMILES string of the molecule is Cc1nn(-c2ccccc2)c(O)c1N=CCC(=O)O. The van der Waals surface area contributed by atoms with Gasteiger partial charge in [0.05, 0.1) is 17.8 Å². The van der Waals surface area contributed by atoms with Crippen LogP contribution < -0.4 is 0 Å². The fraction of sp³-hybridized carbons (Fsp3) is 0.154. The normalized spacial score (nSPS) is 11.0. The minimum atomic E-state index is -0.976. The number of aromatic nitrogens is 2. The second-order valence-electron chi connectivity index (χ2n) is 3.91. The van der Waals surface area contributed by atoms with Gasteiger partial charge in [-0.15, -0.1) is 0 Å². The summed E-state index contributed by atoms with van der Waals surface area (Å²) in [7, 11) is 0. The highest BCUT2D eigenvalue weighted by atomic mass is 16.4. The Balaban J connectivity index is 2.35. The molecule has 0 aliphatic carbocycles. The zero-order valence-corrected chi connectivity index (χ0v) is 10.3. The number of aromatic hydroxyl groups is 1. The summed E-state index contributed by atoms with van der Waals surface area (Å²) in [5, 5.41) is 22.8. The van der Waals surface area contributed by atoms with Gasteiger partial charge in [-0.05, 0) is 19.1 Å². The number of benzene rings is 1. The third kappa shape index (κ3) is 2.79. The monoisotopic (exact) mass is 259 g/mol. The van der Waals surface area contributed by atoms with Crippen molar-refractivity contribution < 1.29 is 15.0 Å². The van der Waals surface area contributed by atoms with E-state index in [0.29, 0.717) is 11.4 Å². The van der Waals surface area contributed by atoms with E-state index >= 15 is 0 Å². The second-order valence-corrected chi connectivity index (χ2v) is 3.91.